The molecule has 1 aliphatic rings. The number of amides is 1. The van der Waals surface area contributed by atoms with Gasteiger partial charge in [-0.15, -0.1) is 0 Å². The first-order valence-corrected chi connectivity index (χ1v) is 6.44. The van der Waals surface area contributed by atoms with Crippen molar-refractivity contribution in [2.24, 2.45) is 5.92 Å². The zero-order valence-corrected chi connectivity index (χ0v) is 10.6. The molecule has 0 unspecified atom stereocenters. The van der Waals surface area contributed by atoms with Gasteiger partial charge in [-0.25, -0.2) is 4.79 Å². The largest absolute Gasteiger partial charge is 0.478 e. The van der Waals surface area contributed by atoms with Gasteiger partial charge in [0.05, 0.1) is 0 Å². The Morgan fingerprint density at radius 2 is 2.16 bits per heavy atom. The molecular formula is C15H17NO3. The van der Waals surface area contributed by atoms with Crippen LogP contribution < -0.4 is 5.32 Å². The van der Waals surface area contributed by atoms with Crippen molar-refractivity contribution < 1.29 is 14.7 Å². The van der Waals surface area contributed by atoms with E-state index in [1.807, 2.05) is 0 Å². The molecule has 0 heterocycles. The number of carbonyl (C=O) groups excluding carboxylic acids is 1. The molecule has 0 aromatic heterocycles. The van der Waals surface area contributed by atoms with E-state index in [-0.39, 0.29) is 5.91 Å². The molecule has 1 aromatic carbocycles. The molecule has 1 aromatic rings. The third kappa shape index (κ3) is 3.95. The average Bonchev–Trinajstić information content (AvgIpc) is 2.34. The van der Waals surface area contributed by atoms with Crippen molar-refractivity contribution in [3.8, 4) is 0 Å². The van der Waals surface area contributed by atoms with Gasteiger partial charge in [-0.3, -0.25) is 4.79 Å². The van der Waals surface area contributed by atoms with Gasteiger partial charge >= 0.3 is 5.97 Å². The van der Waals surface area contributed by atoms with Gasteiger partial charge in [0.2, 0.25) is 0 Å². The van der Waals surface area contributed by atoms with Gasteiger partial charge in [0.25, 0.3) is 5.91 Å². The second-order valence-electron chi connectivity index (χ2n) is 4.80. The summed E-state index contributed by atoms with van der Waals surface area (Å²) in [5.41, 5.74) is 1.27. The Labute approximate surface area is 112 Å². The monoisotopic (exact) mass is 259 g/mol. The molecule has 1 fully saturated rings. The lowest BCUT2D eigenvalue weighted by molar-refractivity contribution is -0.131. The van der Waals surface area contributed by atoms with Gasteiger partial charge < -0.3 is 10.4 Å². The van der Waals surface area contributed by atoms with Crippen molar-refractivity contribution in [1.82, 2.24) is 5.32 Å². The highest BCUT2D eigenvalue weighted by Crippen LogP contribution is 2.25. The van der Waals surface area contributed by atoms with Crippen LogP contribution in [0, 0.1) is 5.92 Å². The molecule has 19 heavy (non-hydrogen) atoms. The van der Waals surface area contributed by atoms with Gasteiger partial charge in [0.1, 0.15) is 0 Å². The van der Waals surface area contributed by atoms with Crippen molar-refractivity contribution in [1.29, 1.82) is 0 Å². The molecule has 0 bridgehead atoms. The second kappa shape index (κ2) is 6.18. The quantitative estimate of drug-likeness (QED) is 0.797. The number of benzene rings is 1. The van der Waals surface area contributed by atoms with E-state index in [0.717, 1.165) is 12.6 Å². The number of rotatable bonds is 5. The van der Waals surface area contributed by atoms with Gasteiger partial charge in [0, 0.05) is 18.2 Å². The van der Waals surface area contributed by atoms with Gasteiger partial charge in [-0.05, 0) is 42.5 Å². The van der Waals surface area contributed by atoms with Crippen molar-refractivity contribution in [2.75, 3.05) is 6.54 Å². The average molecular weight is 259 g/mol. The molecule has 0 atom stereocenters. The summed E-state index contributed by atoms with van der Waals surface area (Å²) in [4.78, 5) is 22.4. The van der Waals surface area contributed by atoms with Crippen LogP contribution in [-0.4, -0.2) is 23.5 Å². The van der Waals surface area contributed by atoms with E-state index in [1.165, 1.54) is 25.3 Å². The van der Waals surface area contributed by atoms with Crippen molar-refractivity contribution in [3.63, 3.8) is 0 Å². The first-order valence-electron chi connectivity index (χ1n) is 6.44. The minimum Gasteiger partial charge on any atom is -0.478 e. The zero-order chi connectivity index (χ0) is 13.7. The summed E-state index contributed by atoms with van der Waals surface area (Å²) in [5, 5.41) is 11.5. The number of carbonyl (C=O) groups is 2. The van der Waals surface area contributed by atoms with E-state index in [2.05, 4.69) is 5.32 Å². The molecule has 4 nitrogen and oxygen atoms in total. The highest BCUT2D eigenvalue weighted by Gasteiger charge is 2.18. The summed E-state index contributed by atoms with van der Waals surface area (Å²) in [6, 6.07) is 6.94. The number of carboxylic acid groups (broad SMARTS) is 1. The highest BCUT2D eigenvalue weighted by molar-refractivity contribution is 5.95. The molecule has 0 spiro atoms. The molecule has 100 valence electrons. The Hall–Kier alpha value is -2.10. The first kappa shape index (κ1) is 13.3. The molecule has 1 amide bonds. The minimum atomic E-state index is -1.00. The fraction of sp³-hybridized carbons (Fsp3) is 0.333. The molecule has 2 rings (SSSR count). The topological polar surface area (TPSA) is 66.4 Å². The predicted molar refractivity (Wildman–Crippen MR) is 72.8 cm³/mol. The van der Waals surface area contributed by atoms with Crippen molar-refractivity contribution >= 4 is 18.0 Å². The first-order chi connectivity index (χ1) is 9.15. The van der Waals surface area contributed by atoms with E-state index >= 15 is 0 Å². The molecule has 0 saturated heterocycles. The molecule has 1 saturated carbocycles. The van der Waals surface area contributed by atoms with Crippen molar-refractivity contribution in [3.05, 3.63) is 41.5 Å². The maximum Gasteiger partial charge on any atom is 0.328 e. The Morgan fingerprint density at radius 1 is 1.37 bits per heavy atom. The van der Waals surface area contributed by atoms with E-state index in [9.17, 15) is 9.59 Å². The van der Waals surface area contributed by atoms with Crippen LogP contribution in [0.15, 0.2) is 30.3 Å². The number of nitrogens with one attached hydrogen (secondary N) is 1. The van der Waals surface area contributed by atoms with E-state index in [4.69, 9.17) is 5.11 Å². The van der Waals surface area contributed by atoms with Crippen LogP contribution in [0.1, 0.15) is 35.2 Å². The van der Waals surface area contributed by atoms with Crippen LogP contribution in [0.25, 0.3) is 6.08 Å². The summed E-state index contributed by atoms with van der Waals surface area (Å²) in [6.07, 6.45) is 6.19. The second-order valence-corrected chi connectivity index (χ2v) is 4.80. The fourth-order valence-electron chi connectivity index (χ4n) is 1.99. The van der Waals surface area contributed by atoms with Crippen LogP contribution in [0.4, 0.5) is 0 Å². The van der Waals surface area contributed by atoms with Crippen molar-refractivity contribution in [2.45, 2.75) is 19.3 Å². The number of hydrogen-bond donors (Lipinski definition) is 2. The summed E-state index contributed by atoms with van der Waals surface area (Å²) >= 11 is 0. The number of hydrogen-bond acceptors (Lipinski definition) is 2. The molecule has 1 aliphatic carbocycles. The lowest BCUT2D eigenvalue weighted by Crippen LogP contribution is -2.32. The molecule has 0 aliphatic heterocycles. The summed E-state index contributed by atoms with van der Waals surface area (Å²) in [7, 11) is 0. The number of aliphatic carboxylic acids is 1. The standard InChI is InChI=1S/C15H17NO3/c17-14(18)8-7-11-3-2-6-13(9-11)15(19)16-10-12-4-1-5-12/h2-3,6-9,12H,1,4-5,10H2,(H,16,19)(H,17,18). The Bertz CT molecular complexity index is 504. The predicted octanol–water partition coefficient (Wildman–Crippen LogP) is 2.31. The third-order valence-electron chi connectivity index (χ3n) is 3.34. The van der Waals surface area contributed by atoms with Crippen LogP contribution in [0.5, 0.6) is 0 Å². The lowest BCUT2D eigenvalue weighted by Gasteiger charge is -2.25. The maximum absolute atomic E-state index is 11.9. The van der Waals surface area contributed by atoms with Gasteiger partial charge in [-0.2, -0.15) is 0 Å². The molecular weight excluding hydrogens is 242 g/mol. The summed E-state index contributed by atoms with van der Waals surface area (Å²) in [5.74, 6) is -0.476. The Kier molecular flexibility index (Phi) is 4.34. The van der Waals surface area contributed by atoms with Crippen LogP contribution >= 0.6 is 0 Å². The Balaban J connectivity index is 1.96. The van der Waals surface area contributed by atoms with E-state index < -0.39 is 5.97 Å². The smallest absolute Gasteiger partial charge is 0.328 e. The normalized spacial score (nSPS) is 15.2. The van der Waals surface area contributed by atoms with E-state index in [1.54, 1.807) is 24.3 Å². The third-order valence-corrected chi connectivity index (χ3v) is 3.34. The summed E-state index contributed by atoms with van der Waals surface area (Å²) < 4.78 is 0. The van der Waals surface area contributed by atoms with Crippen LogP contribution in [0.2, 0.25) is 0 Å². The number of carboxylic acids is 1. The lowest BCUT2D eigenvalue weighted by atomic mass is 9.85. The Morgan fingerprint density at radius 3 is 2.79 bits per heavy atom. The fourth-order valence-corrected chi connectivity index (χ4v) is 1.99. The van der Waals surface area contributed by atoms with E-state index in [0.29, 0.717) is 17.0 Å². The summed E-state index contributed by atoms with van der Waals surface area (Å²) in [6.45, 7) is 0.730. The van der Waals surface area contributed by atoms with Crippen LogP contribution in [0.3, 0.4) is 0 Å². The minimum absolute atomic E-state index is 0.0996. The van der Waals surface area contributed by atoms with Gasteiger partial charge in [-0.1, -0.05) is 18.6 Å². The molecule has 4 heteroatoms. The zero-order valence-electron chi connectivity index (χ0n) is 10.6. The highest BCUT2D eigenvalue weighted by atomic mass is 16.4. The van der Waals surface area contributed by atoms with Gasteiger partial charge in [0.15, 0.2) is 0 Å². The molecule has 2 N–H and O–H groups in total. The van der Waals surface area contributed by atoms with Crippen LogP contribution in [-0.2, 0) is 4.79 Å². The maximum atomic E-state index is 11.9. The SMILES string of the molecule is O=C(O)C=Cc1cccc(C(=O)NCC2CCC2)c1. The molecule has 0 radical (unpaired) electrons.